The highest BCUT2D eigenvalue weighted by Gasteiger charge is 2.09. The van der Waals surface area contributed by atoms with E-state index in [0.717, 1.165) is 45.0 Å². The van der Waals surface area contributed by atoms with Crippen LogP contribution in [0.5, 0.6) is 11.5 Å². The summed E-state index contributed by atoms with van der Waals surface area (Å²) in [7, 11) is 3.23. The number of hydrogen-bond acceptors (Lipinski definition) is 6. The second-order valence-corrected chi connectivity index (χ2v) is 5.63. The molecule has 0 amide bonds. The van der Waals surface area contributed by atoms with Crippen LogP contribution in [0.2, 0.25) is 0 Å². The van der Waals surface area contributed by atoms with E-state index in [9.17, 15) is 0 Å². The van der Waals surface area contributed by atoms with Crippen molar-refractivity contribution in [3.8, 4) is 11.5 Å². The highest BCUT2D eigenvalue weighted by molar-refractivity contribution is 7.80. The lowest BCUT2D eigenvalue weighted by atomic mass is 10.2. The Bertz CT molecular complexity index is 540. The summed E-state index contributed by atoms with van der Waals surface area (Å²) in [5.41, 5.74) is 3.67. The second-order valence-electron chi connectivity index (χ2n) is 5.23. The Hall–Kier alpha value is -1.90. The quantitative estimate of drug-likeness (QED) is 0.428. The van der Waals surface area contributed by atoms with E-state index in [1.54, 1.807) is 20.4 Å². The van der Waals surface area contributed by atoms with E-state index in [1.807, 2.05) is 18.2 Å². The van der Waals surface area contributed by atoms with Crippen LogP contribution in [0, 0.1) is 0 Å². The van der Waals surface area contributed by atoms with Crippen LogP contribution in [0.3, 0.4) is 0 Å². The van der Waals surface area contributed by atoms with Crippen LogP contribution in [-0.2, 0) is 4.74 Å². The smallest absolute Gasteiger partial charge is 0.187 e. The molecule has 0 aliphatic carbocycles. The first-order chi connectivity index (χ1) is 11.7. The normalized spacial score (nSPS) is 15.2. The van der Waals surface area contributed by atoms with E-state index in [1.165, 1.54) is 0 Å². The molecule has 1 aromatic rings. The molecule has 1 saturated heterocycles. The topological polar surface area (TPSA) is 67.4 Å². The first-order valence-electron chi connectivity index (χ1n) is 7.81. The first-order valence-corrected chi connectivity index (χ1v) is 8.22. The average molecular weight is 352 g/mol. The molecule has 0 saturated carbocycles. The fraction of sp³-hybridized carbons (Fsp3) is 0.500. The standard InChI is InChI=1S/C16H24N4O3S/c1-21-14-9-13(10-15(11-14)22-2)12-18-19-16(24)17-3-4-20-5-7-23-8-6-20/h9-12H,3-8H2,1-2H3,(H2,17,19,24)/b18-12+. The van der Waals surface area contributed by atoms with Crippen LogP contribution in [0.25, 0.3) is 0 Å². The van der Waals surface area contributed by atoms with Gasteiger partial charge in [0.05, 0.1) is 33.6 Å². The number of morpholine rings is 1. The number of thiocarbonyl (C=S) groups is 1. The molecule has 1 aliphatic heterocycles. The predicted octanol–water partition coefficient (Wildman–Crippen LogP) is 0.834. The van der Waals surface area contributed by atoms with Gasteiger partial charge in [0, 0.05) is 37.8 Å². The number of rotatable bonds is 7. The van der Waals surface area contributed by atoms with Gasteiger partial charge in [0.1, 0.15) is 11.5 Å². The third kappa shape index (κ3) is 6.31. The zero-order valence-corrected chi connectivity index (χ0v) is 14.9. The molecule has 0 bridgehead atoms. The van der Waals surface area contributed by atoms with Crippen molar-refractivity contribution in [3.05, 3.63) is 23.8 Å². The van der Waals surface area contributed by atoms with Gasteiger partial charge in [-0.2, -0.15) is 5.10 Å². The van der Waals surface area contributed by atoms with Crippen LogP contribution < -0.4 is 20.2 Å². The number of hydrogen-bond donors (Lipinski definition) is 2. The molecular weight excluding hydrogens is 328 g/mol. The highest BCUT2D eigenvalue weighted by atomic mass is 32.1. The van der Waals surface area contributed by atoms with Crippen molar-refractivity contribution >= 4 is 23.5 Å². The summed E-state index contributed by atoms with van der Waals surface area (Å²) in [6, 6.07) is 5.54. The molecule has 0 atom stereocenters. The minimum Gasteiger partial charge on any atom is -0.497 e. The summed E-state index contributed by atoms with van der Waals surface area (Å²) in [6.07, 6.45) is 1.67. The van der Waals surface area contributed by atoms with Gasteiger partial charge in [-0.25, -0.2) is 0 Å². The second kappa shape index (κ2) is 10.1. The molecule has 0 aromatic heterocycles. The lowest BCUT2D eigenvalue weighted by Gasteiger charge is -2.26. The van der Waals surface area contributed by atoms with E-state index in [2.05, 4.69) is 20.7 Å². The Morgan fingerprint density at radius 1 is 1.25 bits per heavy atom. The van der Waals surface area contributed by atoms with Crippen LogP contribution in [-0.4, -0.2) is 69.8 Å². The third-order valence-corrected chi connectivity index (χ3v) is 3.81. The Morgan fingerprint density at radius 2 is 1.92 bits per heavy atom. The molecule has 1 fully saturated rings. The molecule has 2 rings (SSSR count). The van der Waals surface area contributed by atoms with Crippen LogP contribution in [0.15, 0.2) is 23.3 Å². The molecule has 1 aromatic carbocycles. The van der Waals surface area contributed by atoms with Crippen molar-refractivity contribution < 1.29 is 14.2 Å². The van der Waals surface area contributed by atoms with Crippen molar-refractivity contribution in [3.63, 3.8) is 0 Å². The van der Waals surface area contributed by atoms with E-state index in [4.69, 9.17) is 26.4 Å². The van der Waals surface area contributed by atoms with Crippen LogP contribution in [0.1, 0.15) is 5.56 Å². The summed E-state index contributed by atoms with van der Waals surface area (Å²) in [5.74, 6) is 1.42. The summed E-state index contributed by atoms with van der Waals surface area (Å²) in [5, 5.41) is 7.77. The molecule has 7 nitrogen and oxygen atoms in total. The number of benzene rings is 1. The van der Waals surface area contributed by atoms with Crippen molar-refractivity contribution in [2.75, 3.05) is 53.6 Å². The molecule has 0 unspecified atom stereocenters. The van der Waals surface area contributed by atoms with E-state index < -0.39 is 0 Å². The van der Waals surface area contributed by atoms with Gasteiger partial charge in [0.2, 0.25) is 0 Å². The van der Waals surface area contributed by atoms with Crippen LogP contribution in [0.4, 0.5) is 0 Å². The SMILES string of the molecule is COc1cc(/C=N/NC(=S)NCCN2CCOCC2)cc(OC)c1. The molecule has 0 radical (unpaired) electrons. The van der Waals surface area contributed by atoms with Crippen LogP contribution >= 0.6 is 12.2 Å². The average Bonchev–Trinajstić information content (AvgIpc) is 2.62. The molecule has 0 spiro atoms. The number of nitrogens with zero attached hydrogens (tertiary/aromatic N) is 2. The predicted molar refractivity (Wildman–Crippen MR) is 98.1 cm³/mol. The largest absolute Gasteiger partial charge is 0.497 e. The lowest BCUT2D eigenvalue weighted by Crippen LogP contribution is -2.42. The Balaban J connectivity index is 1.73. The Kier molecular flexibility index (Phi) is 7.73. The molecular formula is C16H24N4O3S. The summed E-state index contributed by atoms with van der Waals surface area (Å²) >= 11 is 5.20. The van der Waals surface area contributed by atoms with Gasteiger partial charge in [0.25, 0.3) is 0 Å². The number of hydrazone groups is 1. The van der Waals surface area contributed by atoms with Crippen molar-refractivity contribution in [1.29, 1.82) is 0 Å². The minimum absolute atomic E-state index is 0.495. The van der Waals surface area contributed by atoms with Gasteiger partial charge < -0.3 is 19.5 Å². The van der Waals surface area contributed by atoms with Crippen molar-refractivity contribution in [1.82, 2.24) is 15.6 Å². The first kappa shape index (κ1) is 18.4. The Morgan fingerprint density at radius 3 is 2.54 bits per heavy atom. The third-order valence-electron chi connectivity index (χ3n) is 3.57. The maximum Gasteiger partial charge on any atom is 0.187 e. The van der Waals surface area contributed by atoms with E-state index >= 15 is 0 Å². The minimum atomic E-state index is 0.495. The van der Waals surface area contributed by atoms with Gasteiger partial charge >= 0.3 is 0 Å². The number of methoxy groups -OCH3 is 2. The van der Waals surface area contributed by atoms with Gasteiger partial charge in [-0.1, -0.05) is 0 Å². The molecule has 1 aliphatic rings. The van der Waals surface area contributed by atoms with E-state index in [-0.39, 0.29) is 0 Å². The summed E-state index contributed by atoms with van der Waals surface area (Å²) in [4.78, 5) is 2.34. The van der Waals surface area contributed by atoms with E-state index in [0.29, 0.717) is 16.6 Å². The fourth-order valence-electron chi connectivity index (χ4n) is 2.26. The van der Waals surface area contributed by atoms with Gasteiger partial charge in [-0.3, -0.25) is 10.3 Å². The van der Waals surface area contributed by atoms with Gasteiger partial charge in [0.15, 0.2) is 5.11 Å². The maximum absolute atomic E-state index is 5.32. The zero-order chi connectivity index (χ0) is 17.2. The lowest BCUT2D eigenvalue weighted by molar-refractivity contribution is 0.0389. The monoisotopic (exact) mass is 352 g/mol. The molecule has 8 heteroatoms. The van der Waals surface area contributed by atoms with Crippen molar-refractivity contribution in [2.45, 2.75) is 0 Å². The zero-order valence-electron chi connectivity index (χ0n) is 14.1. The molecule has 1 heterocycles. The maximum atomic E-state index is 5.32. The summed E-state index contributed by atoms with van der Waals surface area (Å²) in [6.45, 7) is 5.25. The number of nitrogens with one attached hydrogen (secondary N) is 2. The fourth-order valence-corrected chi connectivity index (χ4v) is 2.42. The van der Waals surface area contributed by atoms with Gasteiger partial charge in [-0.15, -0.1) is 0 Å². The highest BCUT2D eigenvalue weighted by Crippen LogP contribution is 2.21. The molecule has 132 valence electrons. The summed E-state index contributed by atoms with van der Waals surface area (Å²) < 4.78 is 15.8. The Labute approximate surface area is 147 Å². The van der Waals surface area contributed by atoms with Gasteiger partial charge in [-0.05, 0) is 24.4 Å². The number of ether oxygens (including phenoxy) is 3. The van der Waals surface area contributed by atoms with Crippen molar-refractivity contribution in [2.24, 2.45) is 5.10 Å². The molecule has 2 N–H and O–H groups in total. The molecule has 24 heavy (non-hydrogen) atoms.